The van der Waals surface area contributed by atoms with E-state index in [-0.39, 0.29) is 5.91 Å². The van der Waals surface area contributed by atoms with Crippen molar-refractivity contribution >= 4 is 33.1 Å². The van der Waals surface area contributed by atoms with Gasteiger partial charge in [-0.1, -0.05) is 12.1 Å². The number of rotatable bonds is 4. The molecule has 118 valence electrons. The molecule has 0 aliphatic rings. The van der Waals surface area contributed by atoms with E-state index in [0.717, 1.165) is 38.5 Å². The van der Waals surface area contributed by atoms with Crippen molar-refractivity contribution in [3.05, 3.63) is 52.5 Å². The minimum atomic E-state index is -0.0326. The molecular weight excluding hydrogens is 308 g/mol. The summed E-state index contributed by atoms with van der Waals surface area (Å²) in [4.78, 5) is 17.8. The molecule has 3 aromatic rings. The molecule has 0 aliphatic heterocycles. The Balaban J connectivity index is 1.77. The molecule has 23 heavy (non-hydrogen) atoms. The van der Waals surface area contributed by atoms with E-state index in [1.54, 1.807) is 18.4 Å². The van der Waals surface area contributed by atoms with Gasteiger partial charge in [-0.3, -0.25) is 4.79 Å². The number of ether oxygens (including phenoxy) is 1. The van der Waals surface area contributed by atoms with E-state index in [1.807, 2.05) is 49.6 Å². The number of fused-ring (bicyclic) bond motifs is 1. The van der Waals surface area contributed by atoms with Gasteiger partial charge in [0.05, 0.1) is 19.2 Å². The second kappa shape index (κ2) is 6.38. The molecule has 3 rings (SSSR count). The number of pyridine rings is 1. The molecule has 0 bridgehead atoms. The first-order valence-electron chi connectivity index (χ1n) is 7.35. The number of carbonyl (C=O) groups is 1. The number of hydrogen-bond acceptors (Lipinski definition) is 4. The first-order chi connectivity index (χ1) is 11.1. The van der Waals surface area contributed by atoms with Gasteiger partial charge in [0.15, 0.2) is 0 Å². The SMILES string of the molecule is COc1ccc(CC(=O)Nc2csc3nc(C)cc(C)c23)cc1. The zero-order chi connectivity index (χ0) is 16.4. The fourth-order valence-corrected chi connectivity index (χ4v) is 3.60. The third-order valence-electron chi connectivity index (χ3n) is 3.67. The molecule has 0 atom stereocenters. The highest BCUT2D eigenvalue weighted by Gasteiger charge is 2.12. The third kappa shape index (κ3) is 3.35. The van der Waals surface area contributed by atoms with Crippen molar-refractivity contribution in [2.24, 2.45) is 0 Å². The van der Waals surface area contributed by atoms with Crippen LogP contribution in [0.3, 0.4) is 0 Å². The summed E-state index contributed by atoms with van der Waals surface area (Å²) in [6.45, 7) is 4.02. The van der Waals surface area contributed by atoms with Crippen molar-refractivity contribution in [1.82, 2.24) is 4.98 Å². The maximum Gasteiger partial charge on any atom is 0.228 e. The minimum absolute atomic E-state index is 0.0326. The Bertz CT molecular complexity index is 853. The Kier molecular flexibility index (Phi) is 4.30. The quantitative estimate of drug-likeness (QED) is 0.785. The van der Waals surface area contributed by atoms with Crippen molar-refractivity contribution in [3.8, 4) is 5.75 Å². The van der Waals surface area contributed by atoms with Crippen LogP contribution in [0.1, 0.15) is 16.8 Å². The summed E-state index contributed by atoms with van der Waals surface area (Å²) in [5.74, 6) is 0.755. The average molecular weight is 326 g/mol. The molecule has 0 spiro atoms. The molecule has 0 radical (unpaired) electrons. The van der Waals surface area contributed by atoms with Crippen molar-refractivity contribution < 1.29 is 9.53 Å². The monoisotopic (exact) mass is 326 g/mol. The van der Waals surface area contributed by atoms with E-state index in [0.29, 0.717) is 6.42 Å². The highest BCUT2D eigenvalue weighted by atomic mass is 32.1. The number of nitrogens with zero attached hydrogens (tertiary/aromatic N) is 1. The molecule has 0 unspecified atom stereocenters. The molecular formula is C18H18N2O2S. The Morgan fingerprint density at radius 3 is 2.70 bits per heavy atom. The van der Waals surface area contributed by atoms with Gasteiger partial charge in [-0.15, -0.1) is 11.3 Å². The number of benzene rings is 1. The first-order valence-corrected chi connectivity index (χ1v) is 8.23. The molecule has 1 amide bonds. The number of aromatic nitrogens is 1. The maximum absolute atomic E-state index is 12.3. The molecule has 5 heteroatoms. The molecule has 2 heterocycles. The number of anilines is 1. The van der Waals surface area contributed by atoms with Gasteiger partial charge in [-0.05, 0) is 43.2 Å². The largest absolute Gasteiger partial charge is 0.497 e. The van der Waals surface area contributed by atoms with Crippen LogP contribution in [-0.4, -0.2) is 18.0 Å². The van der Waals surface area contributed by atoms with Crippen LogP contribution in [0.2, 0.25) is 0 Å². The summed E-state index contributed by atoms with van der Waals surface area (Å²) in [6, 6.07) is 9.56. The lowest BCUT2D eigenvalue weighted by Crippen LogP contribution is -2.14. The van der Waals surface area contributed by atoms with Crippen LogP contribution >= 0.6 is 11.3 Å². The van der Waals surface area contributed by atoms with E-state index in [9.17, 15) is 4.79 Å². The Morgan fingerprint density at radius 2 is 2.00 bits per heavy atom. The van der Waals surface area contributed by atoms with Gasteiger partial charge in [0.1, 0.15) is 10.6 Å². The number of aryl methyl sites for hydroxylation is 2. The van der Waals surface area contributed by atoms with E-state index >= 15 is 0 Å². The highest BCUT2D eigenvalue weighted by Crippen LogP contribution is 2.32. The number of methoxy groups -OCH3 is 1. The third-order valence-corrected chi connectivity index (χ3v) is 4.54. The van der Waals surface area contributed by atoms with Crippen molar-refractivity contribution in [3.63, 3.8) is 0 Å². The molecule has 4 nitrogen and oxygen atoms in total. The van der Waals surface area contributed by atoms with Crippen molar-refractivity contribution in [1.29, 1.82) is 0 Å². The fourth-order valence-electron chi connectivity index (χ4n) is 2.60. The lowest BCUT2D eigenvalue weighted by molar-refractivity contribution is -0.115. The van der Waals surface area contributed by atoms with Crippen LogP contribution in [0.5, 0.6) is 5.75 Å². The lowest BCUT2D eigenvalue weighted by Gasteiger charge is -2.07. The van der Waals surface area contributed by atoms with Crippen LogP contribution < -0.4 is 10.1 Å². The van der Waals surface area contributed by atoms with Gasteiger partial charge in [-0.25, -0.2) is 4.98 Å². The normalized spacial score (nSPS) is 10.7. The Hall–Kier alpha value is -2.40. The summed E-state index contributed by atoms with van der Waals surface area (Å²) < 4.78 is 5.12. The smallest absolute Gasteiger partial charge is 0.228 e. The van der Waals surface area contributed by atoms with Gasteiger partial charge in [0.2, 0.25) is 5.91 Å². The number of thiophene rings is 1. The highest BCUT2D eigenvalue weighted by molar-refractivity contribution is 7.17. The molecule has 0 saturated carbocycles. The summed E-state index contributed by atoms with van der Waals surface area (Å²) in [5.41, 5.74) is 3.92. The minimum Gasteiger partial charge on any atom is -0.497 e. The zero-order valence-electron chi connectivity index (χ0n) is 13.3. The number of amides is 1. The number of hydrogen-bond donors (Lipinski definition) is 1. The first kappa shape index (κ1) is 15.5. The van der Waals surface area contributed by atoms with E-state index < -0.39 is 0 Å². The topological polar surface area (TPSA) is 51.2 Å². The van der Waals surface area contributed by atoms with Gasteiger partial charge in [0.25, 0.3) is 0 Å². The van der Waals surface area contributed by atoms with Crippen LogP contribution in [0.25, 0.3) is 10.2 Å². The lowest BCUT2D eigenvalue weighted by atomic mass is 10.1. The molecule has 1 N–H and O–H groups in total. The number of nitrogens with one attached hydrogen (secondary N) is 1. The van der Waals surface area contributed by atoms with Crippen LogP contribution in [-0.2, 0) is 11.2 Å². The summed E-state index contributed by atoms with van der Waals surface area (Å²) in [5, 5.41) is 5.99. The molecule has 0 saturated heterocycles. The second-order valence-electron chi connectivity index (χ2n) is 5.48. The van der Waals surface area contributed by atoms with E-state index in [2.05, 4.69) is 10.3 Å². The van der Waals surface area contributed by atoms with Gasteiger partial charge in [0, 0.05) is 16.5 Å². The molecule has 0 aliphatic carbocycles. The maximum atomic E-state index is 12.3. The van der Waals surface area contributed by atoms with Crippen LogP contribution in [0.15, 0.2) is 35.7 Å². The predicted molar refractivity (Wildman–Crippen MR) is 94.4 cm³/mol. The van der Waals surface area contributed by atoms with Gasteiger partial charge < -0.3 is 10.1 Å². The van der Waals surface area contributed by atoms with Gasteiger partial charge >= 0.3 is 0 Å². The predicted octanol–water partition coefficient (Wildman–Crippen LogP) is 4.10. The van der Waals surface area contributed by atoms with Gasteiger partial charge in [-0.2, -0.15) is 0 Å². The van der Waals surface area contributed by atoms with Crippen molar-refractivity contribution in [2.75, 3.05) is 12.4 Å². The summed E-state index contributed by atoms with van der Waals surface area (Å²) in [6.07, 6.45) is 0.333. The average Bonchev–Trinajstić information content (AvgIpc) is 2.90. The molecule has 0 fully saturated rings. The summed E-state index contributed by atoms with van der Waals surface area (Å²) in [7, 11) is 1.63. The second-order valence-corrected chi connectivity index (χ2v) is 6.34. The van der Waals surface area contributed by atoms with E-state index in [4.69, 9.17) is 4.74 Å². The van der Waals surface area contributed by atoms with Crippen LogP contribution in [0.4, 0.5) is 5.69 Å². The Morgan fingerprint density at radius 1 is 1.26 bits per heavy atom. The van der Waals surface area contributed by atoms with Crippen molar-refractivity contribution in [2.45, 2.75) is 20.3 Å². The fraction of sp³-hybridized carbons (Fsp3) is 0.222. The van der Waals surface area contributed by atoms with E-state index in [1.165, 1.54) is 0 Å². The standard InChI is InChI=1S/C18H18N2O2S/c1-11-8-12(2)19-18-17(11)15(10-23-18)20-16(21)9-13-4-6-14(22-3)7-5-13/h4-8,10H,9H2,1-3H3,(H,20,21). The number of carbonyl (C=O) groups excluding carboxylic acids is 1. The molecule has 1 aromatic carbocycles. The molecule has 2 aromatic heterocycles. The summed E-state index contributed by atoms with van der Waals surface area (Å²) >= 11 is 1.55. The Labute approximate surface area is 139 Å². The zero-order valence-corrected chi connectivity index (χ0v) is 14.2. The van der Waals surface area contributed by atoms with Crippen LogP contribution in [0, 0.1) is 13.8 Å².